The Kier molecular flexibility index (Phi) is 5.99. The molecular formula is C21H22N4O2. The zero-order chi connectivity index (χ0) is 19.1. The Balaban J connectivity index is 1.73. The molecule has 0 fully saturated rings. The molecule has 0 spiro atoms. The van der Waals surface area contributed by atoms with Gasteiger partial charge < -0.3 is 15.0 Å². The molecule has 0 aliphatic rings. The minimum absolute atomic E-state index is 0.124. The first-order chi connectivity index (χ1) is 13.2. The zero-order valence-corrected chi connectivity index (χ0v) is 15.4. The highest BCUT2D eigenvalue weighted by atomic mass is 16.5. The van der Waals surface area contributed by atoms with Crippen molar-refractivity contribution in [3.05, 3.63) is 78.1 Å². The molecule has 0 saturated carbocycles. The minimum Gasteiger partial charge on any atom is -0.497 e. The maximum Gasteiger partial charge on any atom is 0.272 e. The van der Waals surface area contributed by atoms with Crippen molar-refractivity contribution in [3.8, 4) is 5.75 Å². The quantitative estimate of drug-likeness (QED) is 0.691. The van der Waals surface area contributed by atoms with E-state index in [2.05, 4.69) is 15.3 Å². The third kappa shape index (κ3) is 4.82. The number of carbonyl (C=O) groups excluding carboxylic acids is 1. The molecule has 3 aromatic rings. The maximum atomic E-state index is 12.9. The summed E-state index contributed by atoms with van der Waals surface area (Å²) in [6.45, 7) is 3.10. The van der Waals surface area contributed by atoms with Crippen LogP contribution in [0, 0.1) is 0 Å². The third-order valence-corrected chi connectivity index (χ3v) is 4.11. The Labute approximate surface area is 158 Å². The van der Waals surface area contributed by atoms with Crippen LogP contribution >= 0.6 is 0 Å². The van der Waals surface area contributed by atoms with Gasteiger partial charge in [0.2, 0.25) is 5.95 Å². The lowest BCUT2D eigenvalue weighted by atomic mass is 10.2. The van der Waals surface area contributed by atoms with Crippen LogP contribution in [0.25, 0.3) is 0 Å². The monoisotopic (exact) mass is 362 g/mol. The molecule has 6 heteroatoms. The second-order valence-corrected chi connectivity index (χ2v) is 5.92. The van der Waals surface area contributed by atoms with Crippen LogP contribution in [-0.4, -0.2) is 34.4 Å². The molecule has 1 amide bonds. The Hall–Kier alpha value is -3.41. The largest absolute Gasteiger partial charge is 0.497 e. The van der Waals surface area contributed by atoms with Gasteiger partial charge in [0.25, 0.3) is 5.91 Å². The van der Waals surface area contributed by atoms with Crippen LogP contribution in [0.5, 0.6) is 5.75 Å². The fourth-order valence-corrected chi connectivity index (χ4v) is 2.63. The van der Waals surface area contributed by atoms with Gasteiger partial charge in [-0.05, 0) is 42.8 Å². The van der Waals surface area contributed by atoms with Gasteiger partial charge in [-0.15, -0.1) is 0 Å². The molecule has 1 N–H and O–H groups in total. The van der Waals surface area contributed by atoms with Gasteiger partial charge in [0.05, 0.1) is 7.11 Å². The number of nitrogens with one attached hydrogen (secondary N) is 1. The standard InChI is InChI=1S/C21H22N4O2/c1-3-25(15-16-7-5-4-6-8-16)20(26)19-13-14-22-21(24-19)23-17-9-11-18(27-2)12-10-17/h4-14H,3,15H2,1-2H3,(H,22,23,24). The van der Waals surface area contributed by atoms with E-state index in [0.717, 1.165) is 17.0 Å². The van der Waals surface area contributed by atoms with Crippen molar-refractivity contribution in [3.63, 3.8) is 0 Å². The number of anilines is 2. The number of amides is 1. The van der Waals surface area contributed by atoms with E-state index in [1.165, 1.54) is 0 Å². The van der Waals surface area contributed by atoms with Crippen LogP contribution in [0.15, 0.2) is 66.9 Å². The van der Waals surface area contributed by atoms with Crippen molar-refractivity contribution in [1.29, 1.82) is 0 Å². The van der Waals surface area contributed by atoms with Gasteiger partial charge in [-0.25, -0.2) is 9.97 Å². The van der Waals surface area contributed by atoms with E-state index < -0.39 is 0 Å². The first-order valence-corrected chi connectivity index (χ1v) is 8.77. The zero-order valence-electron chi connectivity index (χ0n) is 15.4. The Bertz CT molecular complexity index is 882. The fraction of sp³-hybridized carbons (Fsp3) is 0.190. The van der Waals surface area contributed by atoms with Gasteiger partial charge in [-0.1, -0.05) is 30.3 Å². The number of rotatable bonds is 7. The smallest absolute Gasteiger partial charge is 0.272 e. The molecule has 0 saturated heterocycles. The molecule has 0 unspecified atom stereocenters. The number of benzene rings is 2. The summed E-state index contributed by atoms with van der Waals surface area (Å²) in [6, 6.07) is 19.0. The normalized spacial score (nSPS) is 10.3. The SMILES string of the molecule is CCN(Cc1ccccc1)C(=O)c1ccnc(Nc2ccc(OC)cc2)n1. The van der Waals surface area contributed by atoms with E-state index in [1.807, 2.05) is 61.5 Å². The van der Waals surface area contributed by atoms with Gasteiger partial charge >= 0.3 is 0 Å². The highest BCUT2D eigenvalue weighted by Crippen LogP contribution is 2.18. The Morgan fingerprint density at radius 1 is 1.07 bits per heavy atom. The second kappa shape index (κ2) is 8.80. The summed E-state index contributed by atoms with van der Waals surface area (Å²) >= 11 is 0. The maximum absolute atomic E-state index is 12.9. The molecule has 2 aromatic carbocycles. The van der Waals surface area contributed by atoms with Gasteiger partial charge in [0.15, 0.2) is 0 Å². The van der Waals surface area contributed by atoms with Crippen LogP contribution in [0.3, 0.4) is 0 Å². The number of aromatic nitrogens is 2. The number of ether oxygens (including phenoxy) is 1. The summed E-state index contributed by atoms with van der Waals surface area (Å²) in [5.74, 6) is 1.02. The van der Waals surface area contributed by atoms with Crippen molar-refractivity contribution < 1.29 is 9.53 Å². The molecule has 0 aliphatic heterocycles. The van der Waals surface area contributed by atoms with Crippen LogP contribution in [0.2, 0.25) is 0 Å². The molecule has 1 aromatic heterocycles. The van der Waals surface area contributed by atoms with Crippen molar-refractivity contribution in [2.75, 3.05) is 19.0 Å². The number of carbonyl (C=O) groups is 1. The molecule has 1 heterocycles. The number of nitrogens with zero attached hydrogens (tertiary/aromatic N) is 3. The van der Waals surface area contributed by atoms with Crippen molar-refractivity contribution in [2.24, 2.45) is 0 Å². The van der Waals surface area contributed by atoms with E-state index in [9.17, 15) is 4.79 Å². The summed E-state index contributed by atoms with van der Waals surface area (Å²) in [7, 11) is 1.62. The van der Waals surface area contributed by atoms with E-state index >= 15 is 0 Å². The average Bonchev–Trinajstić information content (AvgIpc) is 2.73. The van der Waals surface area contributed by atoms with Crippen LogP contribution in [-0.2, 0) is 6.54 Å². The number of hydrogen-bond donors (Lipinski definition) is 1. The topological polar surface area (TPSA) is 67.4 Å². The Morgan fingerprint density at radius 2 is 1.81 bits per heavy atom. The molecule has 0 aliphatic carbocycles. The second-order valence-electron chi connectivity index (χ2n) is 5.92. The number of hydrogen-bond acceptors (Lipinski definition) is 5. The van der Waals surface area contributed by atoms with E-state index in [4.69, 9.17) is 4.74 Å². The summed E-state index contributed by atoms with van der Waals surface area (Å²) in [5, 5.41) is 3.11. The van der Waals surface area contributed by atoms with Crippen molar-refractivity contribution in [2.45, 2.75) is 13.5 Å². The highest BCUT2D eigenvalue weighted by molar-refractivity contribution is 5.92. The lowest BCUT2D eigenvalue weighted by Gasteiger charge is -2.20. The van der Waals surface area contributed by atoms with Crippen molar-refractivity contribution >= 4 is 17.5 Å². The molecule has 0 radical (unpaired) electrons. The molecule has 138 valence electrons. The Morgan fingerprint density at radius 3 is 2.48 bits per heavy atom. The van der Waals surface area contributed by atoms with Gasteiger partial charge in [-0.3, -0.25) is 4.79 Å². The van der Waals surface area contributed by atoms with Gasteiger partial charge in [0, 0.05) is 25.0 Å². The molecule has 27 heavy (non-hydrogen) atoms. The lowest BCUT2D eigenvalue weighted by Crippen LogP contribution is -2.31. The average molecular weight is 362 g/mol. The van der Waals surface area contributed by atoms with E-state index in [-0.39, 0.29) is 5.91 Å². The molecular weight excluding hydrogens is 340 g/mol. The molecule has 0 bridgehead atoms. The van der Waals surface area contributed by atoms with E-state index in [0.29, 0.717) is 24.7 Å². The molecule has 0 atom stereocenters. The minimum atomic E-state index is -0.124. The number of methoxy groups -OCH3 is 1. The first kappa shape index (κ1) is 18.4. The van der Waals surface area contributed by atoms with Crippen LogP contribution < -0.4 is 10.1 Å². The first-order valence-electron chi connectivity index (χ1n) is 8.77. The summed E-state index contributed by atoms with van der Waals surface area (Å²) in [6.07, 6.45) is 1.59. The summed E-state index contributed by atoms with van der Waals surface area (Å²) < 4.78 is 5.15. The summed E-state index contributed by atoms with van der Waals surface area (Å²) in [5.41, 5.74) is 2.26. The van der Waals surface area contributed by atoms with Crippen LogP contribution in [0.4, 0.5) is 11.6 Å². The molecule has 6 nitrogen and oxygen atoms in total. The fourth-order valence-electron chi connectivity index (χ4n) is 2.63. The molecule has 3 rings (SSSR count). The summed E-state index contributed by atoms with van der Waals surface area (Å²) in [4.78, 5) is 23.2. The van der Waals surface area contributed by atoms with Gasteiger partial charge in [-0.2, -0.15) is 0 Å². The predicted molar refractivity (Wildman–Crippen MR) is 105 cm³/mol. The third-order valence-electron chi connectivity index (χ3n) is 4.11. The van der Waals surface area contributed by atoms with Gasteiger partial charge in [0.1, 0.15) is 11.4 Å². The highest BCUT2D eigenvalue weighted by Gasteiger charge is 2.16. The van der Waals surface area contributed by atoms with Crippen LogP contribution in [0.1, 0.15) is 23.0 Å². The van der Waals surface area contributed by atoms with Crippen molar-refractivity contribution in [1.82, 2.24) is 14.9 Å². The van der Waals surface area contributed by atoms with E-state index in [1.54, 1.807) is 24.3 Å². The predicted octanol–water partition coefficient (Wildman–Crippen LogP) is 3.89. The lowest BCUT2D eigenvalue weighted by molar-refractivity contribution is 0.0746.